The fraction of sp³-hybridized carbons (Fsp3) is 0.643. The third-order valence-electron chi connectivity index (χ3n) is 4.13. The van der Waals surface area contributed by atoms with Crippen LogP contribution in [0.2, 0.25) is 0 Å². The first-order valence-corrected chi connectivity index (χ1v) is 6.67. The maximum atomic E-state index is 5.44. The van der Waals surface area contributed by atoms with Crippen LogP contribution in [0.1, 0.15) is 19.3 Å². The van der Waals surface area contributed by atoms with Crippen LogP contribution >= 0.6 is 0 Å². The highest BCUT2D eigenvalue weighted by molar-refractivity contribution is 5.38. The molecule has 0 aliphatic carbocycles. The molecule has 0 bridgehead atoms. The Morgan fingerprint density at radius 2 is 2.00 bits per heavy atom. The van der Waals surface area contributed by atoms with Gasteiger partial charge in [-0.05, 0) is 43.2 Å². The quantitative estimate of drug-likeness (QED) is 0.782. The minimum Gasteiger partial charge on any atom is -0.381 e. The lowest BCUT2D eigenvalue weighted by Gasteiger charge is -2.27. The van der Waals surface area contributed by atoms with Crippen LogP contribution in [0.4, 0.5) is 5.82 Å². The first kappa shape index (κ1) is 11.0. The van der Waals surface area contributed by atoms with E-state index in [0.717, 1.165) is 30.9 Å². The smallest absolute Gasteiger partial charge is 0.128 e. The topological polar surface area (TPSA) is 25.4 Å². The summed E-state index contributed by atoms with van der Waals surface area (Å²) in [6.07, 6.45) is 5.71. The zero-order chi connectivity index (χ0) is 11.5. The summed E-state index contributed by atoms with van der Waals surface area (Å²) in [6.45, 7) is 4.27. The van der Waals surface area contributed by atoms with Crippen LogP contribution in [0.5, 0.6) is 0 Å². The Hall–Kier alpha value is -1.09. The highest BCUT2D eigenvalue weighted by Gasteiger charge is 2.30. The van der Waals surface area contributed by atoms with E-state index in [1.807, 2.05) is 12.3 Å². The summed E-state index contributed by atoms with van der Waals surface area (Å²) in [4.78, 5) is 6.87. The van der Waals surface area contributed by atoms with Crippen molar-refractivity contribution in [1.82, 2.24) is 4.98 Å². The van der Waals surface area contributed by atoms with E-state index in [4.69, 9.17) is 4.74 Å². The van der Waals surface area contributed by atoms with Crippen molar-refractivity contribution in [2.75, 3.05) is 31.2 Å². The summed E-state index contributed by atoms with van der Waals surface area (Å²) in [6, 6.07) is 6.17. The summed E-state index contributed by atoms with van der Waals surface area (Å²) >= 11 is 0. The first-order valence-electron chi connectivity index (χ1n) is 6.67. The van der Waals surface area contributed by atoms with Crippen LogP contribution in [0.3, 0.4) is 0 Å². The lowest BCUT2D eigenvalue weighted by molar-refractivity contribution is 0.0500. The van der Waals surface area contributed by atoms with Gasteiger partial charge < -0.3 is 9.64 Å². The number of nitrogens with zero attached hydrogens (tertiary/aromatic N) is 2. The van der Waals surface area contributed by atoms with Crippen LogP contribution in [0.15, 0.2) is 24.4 Å². The standard InChI is InChI=1S/C14H20N2O/c1-2-7-15-14(3-1)16-8-4-13(11-16)12-5-9-17-10-6-12/h1-3,7,12-13H,4-6,8-11H2/t13-/m1/s1. The molecule has 0 unspecified atom stereocenters. The highest BCUT2D eigenvalue weighted by Crippen LogP contribution is 2.32. The summed E-state index contributed by atoms with van der Waals surface area (Å²) in [5.74, 6) is 2.86. The molecule has 0 saturated carbocycles. The van der Waals surface area contributed by atoms with Crippen molar-refractivity contribution >= 4 is 5.82 Å². The van der Waals surface area contributed by atoms with Crippen LogP contribution in [-0.4, -0.2) is 31.3 Å². The molecule has 0 spiro atoms. The molecule has 0 N–H and O–H groups in total. The van der Waals surface area contributed by atoms with E-state index < -0.39 is 0 Å². The van der Waals surface area contributed by atoms with Gasteiger partial charge in [-0.2, -0.15) is 0 Å². The van der Waals surface area contributed by atoms with Crippen molar-refractivity contribution in [3.63, 3.8) is 0 Å². The van der Waals surface area contributed by atoms with Gasteiger partial charge in [-0.15, -0.1) is 0 Å². The lowest BCUT2D eigenvalue weighted by Crippen LogP contribution is -2.27. The van der Waals surface area contributed by atoms with E-state index in [2.05, 4.69) is 22.0 Å². The molecular weight excluding hydrogens is 212 g/mol. The summed E-state index contributed by atoms with van der Waals surface area (Å²) < 4.78 is 5.44. The molecule has 1 atom stereocenters. The normalized spacial score (nSPS) is 26.4. The fourth-order valence-electron chi connectivity index (χ4n) is 3.11. The molecule has 1 aromatic heterocycles. The minimum absolute atomic E-state index is 0.848. The highest BCUT2D eigenvalue weighted by atomic mass is 16.5. The number of anilines is 1. The maximum absolute atomic E-state index is 5.44. The molecule has 0 amide bonds. The second-order valence-electron chi connectivity index (χ2n) is 5.13. The van der Waals surface area contributed by atoms with E-state index in [1.165, 1.54) is 32.4 Å². The second-order valence-corrected chi connectivity index (χ2v) is 5.13. The molecule has 3 heterocycles. The van der Waals surface area contributed by atoms with Gasteiger partial charge in [0.1, 0.15) is 5.82 Å². The van der Waals surface area contributed by atoms with Gasteiger partial charge in [0.05, 0.1) is 0 Å². The zero-order valence-corrected chi connectivity index (χ0v) is 10.2. The number of pyridine rings is 1. The molecule has 2 fully saturated rings. The van der Waals surface area contributed by atoms with E-state index in [0.29, 0.717) is 0 Å². The lowest BCUT2D eigenvalue weighted by atomic mass is 9.85. The molecule has 3 rings (SSSR count). The molecule has 1 aromatic rings. The van der Waals surface area contributed by atoms with Gasteiger partial charge in [0.2, 0.25) is 0 Å². The van der Waals surface area contributed by atoms with Gasteiger partial charge in [-0.3, -0.25) is 0 Å². The van der Waals surface area contributed by atoms with Gasteiger partial charge in [-0.1, -0.05) is 6.07 Å². The van der Waals surface area contributed by atoms with Crippen LogP contribution in [0, 0.1) is 11.8 Å². The monoisotopic (exact) mass is 232 g/mol. The summed E-state index contributed by atoms with van der Waals surface area (Å²) in [7, 11) is 0. The Labute approximate surface area is 103 Å². The molecule has 2 aliphatic rings. The SMILES string of the molecule is c1ccc(N2CC[C@@H](C3CCOCC3)C2)nc1. The second kappa shape index (κ2) is 5.05. The van der Waals surface area contributed by atoms with Gasteiger partial charge in [0.25, 0.3) is 0 Å². The average Bonchev–Trinajstić information content (AvgIpc) is 2.90. The summed E-state index contributed by atoms with van der Waals surface area (Å²) in [5, 5.41) is 0. The zero-order valence-electron chi connectivity index (χ0n) is 10.2. The van der Waals surface area contributed by atoms with Crippen molar-refractivity contribution in [2.45, 2.75) is 19.3 Å². The predicted molar refractivity (Wildman–Crippen MR) is 68.1 cm³/mol. The Bertz CT molecular complexity index is 348. The van der Waals surface area contributed by atoms with E-state index in [1.54, 1.807) is 0 Å². The van der Waals surface area contributed by atoms with Crippen molar-refractivity contribution < 1.29 is 4.74 Å². The Morgan fingerprint density at radius 1 is 1.12 bits per heavy atom. The minimum atomic E-state index is 0.848. The number of hydrogen-bond acceptors (Lipinski definition) is 3. The van der Waals surface area contributed by atoms with Crippen LogP contribution < -0.4 is 4.90 Å². The molecule has 0 aromatic carbocycles. The van der Waals surface area contributed by atoms with E-state index >= 15 is 0 Å². The Balaban J connectivity index is 1.61. The number of aromatic nitrogens is 1. The molecule has 17 heavy (non-hydrogen) atoms. The third kappa shape index (κ3) is 2.44. The van der Waals surface area contributed by atoms with Crippen molar-refractivity contribution in [2.24, 2.45) is 11.8 Å². The van der Waals surface area contributed by atoms with Gasteiger partial charge in [-0.25, -0.2) is 4.98 Å². The Kier molecular flexibility index (Phi) is 3.27. The van der Waals surface area contributed by atoms with Gasteiger partial charge in [0, 0.05) is 32.5 Å². The molecule has 2 aliphatic heterocycles. The van der Waals surface area contributed by atoms with Crippen LogP contribution in [-0.2, 0) is 4.74 Å². The van der Waals surface area contributed by atoms with Crippen LogP contribution in [0.25, 0.3) is 0 Å². The molecule has 2 saturated heterocycles. The summed E-state index contributed by atoms with van der Waals surface area (Å²) in [5.41, 5.74) is 0. The maximum Gasteiger partial charge on any atom is 0.128 e. The molecule has 3 nitrogen and oxygen atoms in total. The molecule has 3 heteroatoms. The fourth-order valence-corrected chi connectivity index (χ4v) is 3.11. The van der Waals surface area contributed by atoms with E-state index in [9.17, 15) is 0 Å². The average molecular weight is 232 g/mol. The predicted octanol–water partition coefficient (Wildman–Crippen LogP) is 2.33. The van der Waals surface area contributed by atoms with Crippen molar-refractivity contribution in [1.29, 1.82) is 0 Å². The third-order valence-corrected chi connectivity index (χ3v) is 4.13. The number of hydrogen-bond donors (Lipinski definition) is 0. The molecule has 0 radical (unpaired) electrons. The van der Waals surface area contributed by atoms with Gasteiger partial charge in [0.15, 0.2) is 0 Å². The molecule has 92 valence electrons. The van der Waals surface area contributed by atoms with Crippen molar-refractivity contribution in [3.05, 3.63) is 24.4 Å². The number of rotatable bonds is 2. The Morgan fingerprint density at radius 3 is 2.76 bits per heavy atom. The van der Waals surface area contributed by atoms with Crippen molar-refractivity contribution in [3.8, 4) is 0 Å². The first-order chi connectivity index (χ1) is 8.43. The largest absolute Gasteiger partial charge is 0.381 e. The molecular formula is C14H20N2O. The van der Waals surface area contributed by atoms with E-state index in [-0.39, 0.29) is 0 Å². The van der Waals surface area contributed by atoms with Gasteiger partial charge >= 0.3 is 0 Å². The number of ether oxygens (including phenoxy) is 1.